The second-order valence-corrected chi connectivity index (χ2v) is 5.88. The third-order valence-corrected chi connectivity index (χ3v) is 4.19. The first-order valence-electron chi connectivity index (χ1n) is 7.90. The maximum absolute atomic E-state index is 12.9. The van der Waals surface area contributed by atoms with Gasteiger partial charge in [0.1, 0.15) is 11.9 Å². The first-order chi connectivity index (χ1) is 12.1. The van der Waals surface area contributed by atoms with E-state index >= 15 is 0 Å². The lowest BCUT2D eigenvalue weighted by Gasteiger charge is -2.18. The molecule has 25 heavy (non-hydrogen) atoms. The van der Waals surface area contributed by atoms with Crippen LogP contribution in [0.15, 0.2) is 48.5 Å². The Morgan fingerprint density at radius 1 is 1.24 bits per heavy atom. The van der Waals surface area contributed by atoms with E-state index in [9.17, 15) is 19.2 Å². The minimum Gasteiger partial charge on any atom is -0.352 e. The van der Waals surface area contributed by atoms with E-state index in [1.807, 2.05) is 0 Å². The molecule has 1 aliphatic rings. The quantitative estimate of drug-likeness (QED) is 0.931. The van der Waals surface area contributed by atoms with E-state index in [0.29, 0.717) is 11.3 Å². The Bertz CT molecular complexity index is 842. The highest BCUT2D eigenvalue weighted by atomic mass is 19.1. The molecule has 0 spiro atoms. The van der Waals surface area contributed by atoms with Gasteiger partial charge in [0.05, 0.1) is 17.2 Å². The van der Waals surface area contributed by atoms with Crippen molar-refractivity contribution >= 4 is 17.5 Å². The molecule has 0 radical (unpaired) electrons. The third kappa shape index (κ3) is 3.66. The molecule has 1 unspecified atom stereocenters. The van der Waals surface area contributed by atoms with Crippen molar-refractivity contribution in [3.63, 3.8) is 0 Å². The zero-order valence-corrected chi connectivity index (χ0v) is 13.4. The van der Waals surface area contributed by atoms with Gasteiger partial charge in [-0.1, -0.05) is 24.3 Å². The van der Waals surface area contributed by atoms with Crippen molar-refractivity contribution in [2.24, 2.45) is 5.92 Å². The van der Waals surface area contributed by atoms with Crippen LogP contribution in [0.2, 0.25) is 0 Å². The number of nitriles is 1. The van der Waals surface area contributed by atoms with Crippen LogP contribution in [0.1, 0.15) is 17.5 Å². The van der Waals surface area contributed by atoms with Crippen LogP contribution in [0.5, 0.6) is 0 Å². The maximum Gasteiger partial charge on any atom is 0.227 e. The lowest BCUT2D eigenvalue weighted by atomic mass is 10.1. The number of carbonyl (C=O) groups is 2. The molecule has 1 atom stereocenters. The molecule has 2 aromatic carbocycles. The number of amides is 2. The zero-order valence-electron chi connectivity index (χ0n) is 13.4. The van der Waals surface area contributed by atoms with Crippen molar-refractivity contribution in [1.29, 1.82) is 5.26 Å². The minimum absolute atomic E-state index is 0.106. The van der Waals surface area contributed by atoms with Gasteiger partial charge in [-0.15, -0.1) is 0 Å². The van der Waals surface area contributed by atoms with Crippen molar-refractivity contribution < 1.29 is 14.0 Å². The van der Waals surface area contributed by atoms with Crippen molar-refractivity contribution in [2.75, 3.05) is 11.4 Å². The van der Waals surface area contributed by atoms with E-state index in [1.54, 1.807) is 36.4 Å². The number of carbonyl (C=O) groups excluding carboxylic acids is 2. The average Bonchev–Trinajstić information content (AvgIpc) is 3.02. The Morgan fingerprint density at radius 3 is 2.68 bits per heavy atom. The molecule has 2 amide bonds. The molecule has 0 saturated carbocycles. The number of nitrogens with zero attached hydrogens (tertiary/aromatic N) is 2. The van der Waals surface area contributed by atoms with Gasteiger partial charge in [-0.2, -0.15) is 5.26 Å². The largest absolute Gasteiger partial charge is 0.352 e. The Morgan fingerprint density at radius 2 is 1.96 bits per heavy atom. The zero-order chi connectivity index (χ0) is 17.8. The molecule has 3 rings (SSSR count). The molecular weight excluding hydrogens is 321 g/mol. The lowest BCUT2D eigenvalue weighted by molar-refractivity contribution is -0.126. The highest BCUT2D eigenvalue weighted by molar-refractivity contribution is 6.01. The Balaban J connectivity index is 1.64. The first-order valence-corrected chi connectivity index (χ1v) is 7.90. The summed E-state index contributed by atoms with van der Waals surface area (Å²) in [6.45, 7) is 0.519. The third-order valence-electron chi connectivity index (χ3n) is 4.19. The van der Waals surface area contributed by atoms with Gasteiger partial charge < -0.3 is 10.2 Å². The highest BCUT2D eigenvalue weighted by Gasteiger charge is 2.35. The summed E-state index contributed by atoms with van der Waals surface area (Å²) in [5.74, 6) is -1.21. The lowest BCUT2D eigenvalue weighted by Crippen LogP contribution is -2.32. The molecule has 0 aliphatic carbocycles. The number of hydrogen-bond donors (Lipinski definition) is 1. The minimum atomic E-state index is -0.473. The second kappa shape index (κ2) is 7.14. The molecule has 1 heterocycles. The van der Waals surface area contributed by atoms with Crippen LogP contribution in [0.3, 0.4) is 0 Å². The fraction of sp³-hybridized carbons (Fsp3) is 0.211. The van der Waals surface area contributed by atoms with Crippen molar-refractivity contribution in [2.45, 2.75) is 13.0 Å². The Hall–Kier alpha value is -3.20. The fourth-order valence-electron chi connectivity index (χ4n) is 2.86. The number of benzene rings is 2. The van der Waals surface area contributed by atoms with E-state index in [1.165, 1.54) is 17.0 Å². The van der Waals surface area contributed by atoms with Gasteiger partial charge in [0.15, 0.2) is 0 Å². The number of nitrogens with one attached hydrogen (secondary N) is 1. The van der Waals surface area contributed by atoms with E-state index in [0.717, 1.165) is 5.56 Å². The molecule has 1 aliphatic heterocycles. The van der Waals surface area contributed by atoms with Gasteiger partial charge in [-0.05, 0) is 29.8 Å². The van der Waals surface area contributed by atoms with Gasteiger partial charge in [0, 0.05) is 19.5 Å². The van der Waals surface area contributed by atoms with Gasteiger partial charge in [-0.3, -0.25) is 9.59 Å². The number of anilines is 1. The van der Waals surface area contributed by atoms with Crippen LogP contribution in [-0.2, 0) is 16.1 Å². The summed E-state index contributed by atoms with van der Waals surface area (Å²) in [5, 5.41) is 12.0. The van der Waals surface area contributed by atoms with E-state index in [-0.39, 0.29) is 37.1 Å². The van der Waals surface area contributed by atoms with Crippen LogP contribution in [-0.4, -0.2) is 18.4 Å². The molecular formula is C19H16FN3O2. The average molecular weight is 337 g/mol. The van der Waals surface area contributed by atoms with E-state index in [2.05, 4.69) is 11.4 Å². The van der Waals surface area contributed by atoms with Gasteiger partial charge in [0.2, 0.25) is 11.8 Å². The summed E-state index contributed by atoms with van der Waals surface area (Å²) in [6, 6.07) is 14.8. The molecule has 1 N–H and O–H groups in total. The standard InChI is InChI=1S/C19H16FN3O2/c20-16-7-5-13(6-8-16)11-22-19(25)15-9-18(24)23(12-15)17-4-2-1-3-14(17)10-21/h1-8,15H,9,11-12H2,(H,22,25). The number of rotatable bonds is 4. The molecule has 2 aromatic rings. The Kier molecular flexibility index (Phi) is 4.75. The smallest absolute Gasteiger partial charge is 0.227 e. The van der Waals surface area contributed by atoms with Crippen LogP contribution >= 0.6 is 0 Å². The molecule has 126 valence electrons. The number of halogens is 1. The molecule has 5 nitrogen and oxygen atoms in total. The second-order valence-electron chi connectivity index (χ2n) is 5.88. The number of para-hydroxylation sites is 1. The summed E-state index contributed by atoms with van der Waals surface area (Å²) in [7, 11) is 0. The van der Waals surface area contributed by atoms with Gasteiger partial charge in [-0.25, -0.2) is 4.39 Å². The molecule has 1 saturated heterocycles. The van der Waals surface area contributed by atoms with Crippen molar-refractivity contribution in [3.05, 3.63) is 65.5 Å². The fourth-order valence-corrected chi connectivity index (χ4v) is 2.86. The topological polar surface area (TPSA) is 73.2 Å². The monoisotopic (exact) mass is 337 g/mol. The molecule has 0 aromatic heterocycles. The molecule has 6 heteroatoms. The van der Waals surface area contributed by atoms with Crippen LogP contribution in [0.25, 0.3) is 0 Å². The van der Waals surface area contributed by atoms with Crippen LogP contribution < -0.4 is 10.2 Å². The predicted molar refractivity (Wildman–Crippen MR) is 89.9 cm³/mol. The first kappa shape index (κ1) is 16.7. The van der Waals surface area contributed by atoms with Gasteiger partial charge in [0.25, 0.3) is 0 Å². The van der Waals surface area contributed by atoms with Crippen molar-refractivity contribution in [3.8, 4) is 6.07 Å². The highest BCUT2D eigenvalue weighted by Crippen LogP contribution is 2.27. The molecule has 0 bridgehead atoms. The maximum atomic E-state index is 12.9. The number of hydrogen-bond acceptors (Lipinski definition) is 3. The van der Waals surface area contributed by atoms with Crippen LogP contribution in [0.4, 0.5) is 10.1 Å². The summed E-state index contributed by atoms with van der Waals surface area (Å²) >= 11 is 0. The summed E-state index contributed by atoms with van der Waals surface area (Å²) in [4.78, 5) is 26.1. The van der Waals surface area contributed by atoms with Gasteiger partial charge >= 0.3 is 0 Å². The van der Waals surface area contributed by atoms with E-state index < -0.39 is 5.92 Å². The Labute approximate surface area is 144 Å². The SMILES string of the molecule is N#Cc1ccccc1N1CC(C(=O)NCc2ccc(F)cc2)CC1=O. The van der Waals surface area contributed by atoms with Crippen LogP contribution in [0, 0.1) is 23.1 Å². The summed E-state index contributed by atoms with van der Waals surface area (Å²) in [5.41, 5.74) is 1.72. The summed E-state index contributed by atoms with van der Waals surface area (Å²) in [6.07, 6.45) is 0.106. The summed E-state index contributed by atoms with van der Waals surface area (Å²) < 4.78 is 12.9. The molecule has 1 fully saturated rings. The predicted octanol–water partition coefficient (Wildman–Crippen LogP) is 2.37. The van der Waals surface area contributed by atoms with E-state index in [4.69, 9.17) is 0 Å². The normalized spacial score (nSPS) is 16.6. The van der Waals surface area contributed by atoms with Crippen molar-refractivity contribution in [1.82, 2.24) is 5.32 Å².